The highest BCUT2D eigenvalue weighted by Gasteiger charge is 1.91. The van der Waals surface area contributed by atoms with Crippen molar-refractivity contribution in [2.75, 3.05) is 0 Å². The van der Waals surface area contributed by atoms with Crippen molar-refractivity contribution in [1.29, 1.82) is 0 Å². The molecule has 1 N–H and O–H groups in total. The Kier molecular flexibility index (Phi) is 2.46. The van der Waals surface area contributed by atoms with Gasteiger partial charge in [0.1, 0.15) is 18.1 Å². The number of aromatic amines is 1. The molecule has 0 spiro atoms. The molecular formula is C8H7N5O. The fraction of sp³-hybridized carbons (Fsp3) is 0. The lowest BCUT2D eigenvalue weighted by atomic mass is 10.6. The van der Waals surface area contributed by atoms with Crippen molar-refractivity contribution in [3.05, 3.63) is 37.7 Å². The molecule has 3 aromatic heterocycles. The van der Waals surface area contributed by atoms with Crippen LogP contribution in [0, 0.1) is 0 Å². The maximum atomic E-state index is 4.47. The molecule has 0 unspecified atom stereocenters. The third kappa shape index (κ3) is 1.92. The zero-order valence-electron chi connectivity index (χ0n) is 7.16. The molecule has 0 bridgehead atoms. The van der Waals surface area contributed by atoms with E-state index in [9.17, 15) is 0 Å². The molecule has 3 heterocycles. The molecule has 0 aliphatic carbocycles. The number of hydrogen-bond acceptors (Lipinski definition) is 5. The first-order valence-corrected chi connectivity index (χ1v) is 3.88. The van der Waals surface area contributed by atoms with Crippen molar-refractivity contribution >= 4 is 11.2 Å². The molecule has 0 aliphatic rings. The summed E-state index contributed by atoms with van der Waals surface area (Å²) < 4.78 is 4.47. The average Bonchev–Trinajstić information content (AvgIpc) is 2.92. The van der Waals surface area contributed by atoms with Crippen LogP contribution in [0.15, 0.2) is 42.1 Å². The monoisotopic (exact) mass is 189 g/mol. The molecule has 0 radical (unpaired) electrons. The van der Waals surface area contributed by atoms with E-state index < -0.39 is 0 Å². The highest BCUT2D eigenvalue weighted by molar-refractivity contribution is 5.67. The Labute approximate surface area is 79.1 Å². The van der Waals surface area contributed by atoms with Gasteiger partial charge in [0.2, 0.25) is 0 Å². The van der Waals surface area contributed by atoms with E-state index in [1.807, 2.05) is 0 Å². The summed E-state index contributed by atoms with van der Waals surface area (Å²) >= 11 is 0. The van der Waals surface area contributed by atoms with Crippen LogP contribution in [0.3, 0.4) is 0 Å². The minimum absolute atomic E-state index is 0.713. The van der Waals surface area contributed by atoms with E-state index in [1.54, 1.807) is 18.7 Å². The van der Waals surface area contributed by atoms with E-state index in [1.165, 1.54) is 19.0 Å². The van der Waals surface area contributed by atoms with Gasteiger partial charge in [-0.25, -0.2) is 19.9 Å². The summed E-state index contributed by atoms with van der Waals surface area (Å²) in [7, 11) is 0. The number of imidazole rings is 1. The highest BCUT2D eigenvalue weighted by Crippen LogP contribution is 1.99. The van der Waals surface area contributed by atoms with Crippen LogP contribution in [-0.2, 0) is 0 Å². The van der Waals surface area contributed by atoms with Gasteiger partial charge < -0.3 is 9.40 Å². The first-order chi connectivity index (χ1) is 6.97. The third-order valence-corrected chi connectivity index (χ3v) is 1.45. The van der Waals surface area contributed by atoms with Gasteiger partial charge in [0.25, 0.3) is 0 Å². The Hall–Kier alpha value is -2.24. The van der Waals surface area contributed by atoms with E-state index in [4.69, 9.17) is 0 Å². The quantitative estimate of drug-likeness (QED) is 0.571. The summed E-state index contributed by atoms with van der Waals surface area (Å²) in [6.45, 7) is 0. The van der Waals surface area contributed by atoms with Crippen molar-refractivity contribution in [2.45, 2.75) is 0 Å². The van der Waals surface area contributed by atoms with Crippen molar-refractivity contribution < 1.29 is 4.42 Å². The van der Waals surface area contributed by atoms with Crippen LogP contribution in [0.4, 0.5) is 0 Å². The van der Waals surface area contributed by atoms with Gasteiger partial charge in [-0.15, -0.1) is 0 Å². The van der Waals surface area contributed by atoms with Crippen molar-refractivity contribution in [3.63, 3.8) is 0 Å². The van der Waals surface area contributed by atoms with Crippen molar-refractivity contribution in [1.82, 2.24) is 24.9 Å². The molecule has 0 fully saturated rings. The molecule has 14 heavy (non-hydrogen) atoms. The number of fused-ring (bicyclic) bond motifs is 1. The number of nitrogens with one attached hydrogen (secondary N) is 1. The lowest BCUT2D eigenvalue weighted by Crippen LogP contribution is -1.76. The molecular weight excluding hydrogens is 182 g/mol. The van der Waals surface area contributed by atoms with Crippen LogP contribution >= 0.6 is 0 Å². The Morgan fingerprint density at radius 1 is 1.21 bits per heavy atom. The van der Waals surface area contributed by atoms with Crippen molar-refractivity contribution in [3.8, 4) is 0 Å². The van der Waals surface area contributed by atoms with E-state index >= 15 is 0 Å². The molecule has 3 rings (SSSR count). The van der Waals surface area contributed by atoms with Crippen LogP contribution in [0.25, 0.3) is 11.2 Å². The summed E-state index contributed by atoms with van der Waals surface area (Å²) in [6.07, 6.45) is 9.23. The maximum Gasteiger partial charge on any atom is 0.180 e. The Bertz CT molecular complexity index is 428. The number of hydrogen-bond donors (Lipinski definition) is 1. The van der Waals surface area contributed by atoms with Gasteiger partial charge in [-0.3, -0.25) is 0 Å². The summed E-state index contributed by atoms with van der Waals surface area (Å²) in [5, 5.41) is 0. The fourth-order valence-electron chi connectivity index (χ4n) is 0.867. The molecule has 0 amide bonds. The van der Waals surface area contributed by atoms with Gasteiger partial charge in [-0.1, -0.05) is 0 Å². The first kappa shape index (κ1) is 8.36. The maximum absolute atomic E-state index is 4.47. The second-order valence-corrected chi connectivity index (χ2v) is 2.34. The van der Waals surface area contributed by atoms with Gasteiger partial charge in [0, 0.05) is 0 Å². The van der Waals surface area contributed by atoms with Gasteiger partial charge in [0.05, 0.1) is 18.7 Å². The van der Waals surface area contributed by atoms with E-state index in [2.05, 4.69) is 29.3 Å². The molecule has 0 saturated carbocycles. The van der Waals surface area contributed by atoms with Gasteiger partial charge in [-0.05, 0) is 0 Å². The Morgan fingerprint density at radius 2 is 2.21 bits per heavy atom. The molecule has 70 valence electrons. The Morgan fingerprint density at radius 3 is 2.86 bits per heavy atom. The molecule has 6 heteroatoms. The smallest absolute Gasteiger partial charge is 0.180 e. The fourth-order valence-corrected chi connectivity index (χ4v) is 0.867. The van der Waals surface area contributed by atoms with Crippen LogP contribution in [0.2, 0.25) is 0 Å². The highest BCUT2D eigenvalue weighted by atomic mass is 16.3. The topological polar surface area (TPSA) is 80.5 Å². The van der Waals surface area contributed by atoms with Gasteiger partial charge in [-0.2, -0.15) is 0 Å². The molecule has 0 atom stereocenters. The van der Waals surface area contributed by atoms with Gasteiger partial charge >= 0.3 is 0 Å². The largest absolute Gasteiger partial charge is 0.452 e. The minimum atomic E-state index is 0.713. The first-order valence-electron chi connectivity index (χ1n) is 3.88. The van der Waals surface area contributed by atoms with Crippen molar-refractivity contribution in [2.24, 2.45) is 0 Å². The van der Waals surface area contributed by atoms with Crippen LogP contribution in [0.5, 0.6) is 0 Å². The predicted octanol–water partition coefficient (Wildman–Crippen LogP) is 1.03. The lowest BCUT2D eigenvalue weighted by Gasteiger charge is -1.80. The normalized spacial score (nSPS) is 9.43. The second-order valence-electron chi connectivity index (χ2n) is 2.34. The number of aromatic nitrogens is 5. The van der Waals surface area contributed by atoms with Crippen LogP contribution in [0.1, 0.15) is 0 Å². The van der Waals surface area contributed by atoms with E-state index in [0.29, 0.717) is 5.65 Å². The third-order valence-electron chi connectivity index (χ3n) is 1.45. The summed E-state index contributed by atoms with van der Waals surface area (Å²) in [5.41, 5.74) is 1.59. The second kappa shape index (κ2) is 4.13. The molecule has 0 saturated heterocycles. The summed E-state index contributed by atoms with van der Waals surface area (Å²) in [5.74, 6) is 0. The number of H-pyrrole nitrogens is 1. The Balaban J connectivity index is 0.000000128. The standard InChI is InChI=1S/C5H4N4.C3H3NO/c1-4-5(8-2-6-1)9-3-7-4;1-2-5-3-4-1/h1-3H,(H,6,7,8,9);1-3H. The summed E-state index contributed by atoms with van der Waals surface area (Å²) in [6, 6.07) is 0. The van der Waals surface area contributed by atoms with Crippen LogP contribution in [-0.4, -0.2) is 24.9 Å². The summed E-state index contributed by atoms with van der Waals surface area (Å²) in [4.78, 5) is 18.0. The predicted molar refractivity (Wildman–Crippen MR) is 48.2 cm³/mol. The number of oxazole rings is 1. The molecule has 0 aromatic carbocycles. The number of nitrogens with zero attached hydrogens (tertiary/aromatic N) is 4. The molecule has 0 aliphatic heterocycles. The average molecular weight is 189 g/mol. The lowest BCUT2D eigenvalue weighted by molar-refractivity contribution is 0.558. The van der Waals surface area contributed by atoms with Gasteiger partial charge in [0.15, 0.2) is 12.0 Å². The molecule has 3 aromatic rings. The minimum Gasteiger partial charge on any atom is -0.452 e. The van der Waals surface area contributed by atoms with E-state index in [-0.39, 0.29) is 0 Å². The SMILES string of the molecule is c1cocn1.c1ncc2[nH]cnc2n1. The number of rotatable bonds is 0. The van der Waals surface area contributed by atoms with E-state index in [0.717, 1.165) is 5.52 Å². The zero-order valence-corrected chi connectivity index (χ0v) is 7.16. The van der Waals surface area contributed by atoms with Crippen LogP contribution < -0.4 is 0 Å². The molecule has 6 nitrogen and oxygen atoms in total. The zero-order chi connectivity index (χ0) is 9.64.